The second-order valence-corrected chi connectivity index (χ2v) is 4.18. The number of hydrogen-bond donors (Lipinski definition) is 0. The van der Waals surface area contributed by atoms with Gasteiger partial charge in [0.25, 0.3) is 0 Å². The van der Waals surface area contributed by atoms with Crippen LogP contribution < -0.4 is 0 Å². The van der Waals surface area contributed by atoms with Gasteiger partial charge in [-0.05, 0) is 26.2 Å². The van der Waals surface area contributed by atoms with Gasteiger partial charge < -0.3 is 0 Å². The molecule has 2 nitrogen and oxygen atoms in total. The van der Waals surface area contributed by atoms with Crippen LogP contribution in [0.25, 0.3) is 0 Å². The van der Waals surface area contributed by atoms with E-state index in [0.29, 0.717) is 19.3 Å². The van der Waals surface area contributed by atoms with Gasteiger partial charge in [-0.1, -0.05) is 11.6 Å². The number of carbonyl (C=O) groups is 2. The van der Waals surface area contributed by atoms with Crippen LogP contribution in [0, 0.1) is 5.41 Å². The van der Waals surface area contributed by atoms with Gasteiger partial charge >= 0.3 is 0 Å². The zero-order valence-electron chi connectivity index (χ0n) is 7.93. The fraction of sp³-hybridized carbons (Fsp3) is 0.636. The lowest BCUT2D eigenvalue weighted by Crippen LogP contribution is -2.34. The van der Waals surface area contributed by atoms with Crippen molar-refractivity contribution in [2.75, 3.05) is 0 Å². The molecule has 2 heteroatoms. The van der Waals surface area contributed by atoms with Crippen LogP contribution in [-0.4, -0.2) is 11.6 Å². The third-order valence-electron chi connectivity index (χ3n) is 3.39. The topological polar surface area (TPSA) is 34.1 Å². The Balaban J connectivity index is 2.30. The van der Waals surface area contributed by atoms with Crippen molar-refractivity contribution in [2.24, 2.45) is 5.41 Å². The molecule has 13 heavy (non-hydrogen) atoms. The molecule has 0 unspecified atom stereocenters. The summed E-state index contributed by atoms with van der Waals surface area (Å²) in [6, 6.07) is 0. The first-order valence-corrected chi connectivity index (χ1v) is 4.87. The summed E-state index contributed by atoms with van der Waals surface area (Å²) in [5, 5.41) is 0. The quantitative estimate of drug-likeness (QED) is 0.420. The minimum atomic E-state index is -0.584. The molecule has 0 heterocycles. The fourth-order valence-corrected chi connectivity index (χ4v) is 2.33. The highest BCUT2D eigenvalue weighted by Crippen LogP contribution is 2.43. The molecule has 0 amide bonds. The van der Waals surface area contributed by atoms with Gasteiger partial charge in [-0.15, -0.1) is 0 Å². The minimum absolute atomic E-state index is 0.182. The van der Waals surface area contributed by atoms with Gasteiger partial charge in [0.05, 0.1) is 5.41 Å². The maximum absolute atomic E-state index is 11.6. The molecule has 2 aliphatic rings. The number of Topliss-reactive ketones (excluding diaryl/α,β-unsaturated/α-hetero) is 2. The monoisotopic (exact) mass is 178 g/mol. The Morgan fingerprint density at radius 1 is 1.15 bits per heavy atom. The van der Waals surface area contributed by atoms with Crippen molar-refractivity contribution in [2.45, 2.75) is 39.0 Å². The smallest absolute Gasteiger partial charge is 0.147 e. The lowest BCUT2D eigenvalue weighted by atomic mass is 9.72. The van der Waals surface area contributed by atoms with Gasteiger partial charge in [0, 0.05) is 12.8 Å². The van der Waals surface area contributed by atoms with Crippen molar-refractivity contribution in [3.05, 3.63) is 11.6 Å². The van der Waals surface area contributed by atoms with E-state index >= 15 is 0 Å². The summed E-state index contributed by atoms with van der Waals surface area (Å²) in [6.45, 7) is 2.07. The molecule has 0 N–H and O–H groups in total. The Labute approximate surface area is 78.0 Å². The number of rotatable bonds is 0. The van der Waals surface area contributed by atoms with Crippen LogP contribution in [-0.2, 0) is 9.59 Å². The van der Waals surface area contributed by atoms with E-state index < -0.39 is 5.41 Å². The first kappa shape index (κ1) is 8.67. The molecule has 70 valence electrons. The van der Waals surface area contributed by atoms with Gasteiger partial charge in [-0.2, -0.15) is 0 Å². The average molecular weight is 178 g/mol. The summed E-state index contributed by atoms with van der Waals surface area (Å²) in [6.07, 6.45) is 5.35. The van der Waals surface area contributed by atoms with Crippen LogP contribution in [0.1, 0.15) is 39.0 Å². The van der Waals surface area contributed by atoms with E-state index in [1.165, 1.54) is 5.57 Å². The van der Waals surface area contributed by atoms with Crippen LogP contribution in [0.15, 0.2) is 11.6 Å². The molecular formula is C11H14O2. The highest BCUT2D eigenvalue weighted by molar-refractivity contribution is 6.13. The average Bonchev–Trinajstić information content (AvgIpc) is 2.39. The van der Waals surface area contributed by atoms with Gasteiger partial charge in [0.1, 0.15) is 11.6 Å². The zero-order valence-corrected chi connectivity index (χ0v) is 7.93. The van der Waals surface area contributed by atoms with Gasteiger partial charge in [-0.3, -0.25) is 9.59 Å². The molecule has 1 spiro atoms. The maximum atomic E-state index is 11.6. The fourth-order valence-electron chi connectivity index (χ4n) is 2.33. The van der Waals surface area contributed by atoms with E-state index in [2.05, 4.69) is 13.0 Å². The van der Waals surface area contributed by atoms with Crippen LogP contribution in [0.2, 0.25) is 0 Å². The van der Waals surface area contributed by atoms with Crippen molar-refractivity contribution >= 4 is 11.6 Å². The molecule has 0 bridgehead atoms. The molecule has 0 aromatic carbocycles. The molecule has 2 aliphatic carbocycles. The maximum Gasteiger partial charge on any atom is 0.147 e. The van der Waals surface area contributed by atoms with E-state index in [4.69, 9.17) is 0 Å². The van der Waals surface area contributed by atoms with E-state index in [1.807, 2.05) is 0 Å². The molecule has 0 radical (unpaired) electrons. The normalized spacial score (nSPS) is 26.7. The van der Waals surface area contributed by atoms with Crippen LogP contribution in [0.5, 0.6) is 0 Å². The Bertz CT molecular complexity index is 283. The molecular weight excluding hydrogens is 164 g/mol. The Morgan fingerprint density at radius 2 is 1.77 bits per heavy atom. The van der Waals surface area contributed by atoms with E-state index in [9.17, 15) is 9.59 Å². The minimum Gasteiger partial charge on any atom is -0.299 e. The molecule has 0 aromatic rings. The summed E-state index contributed by atoms with van der Waals surface area (Å²) >= 11 is 0. The summed E-state index contributed by atoms with van der Waals surface area (Å²) < 4.78 is 0. The van der Waals surface area contributed by atoms with Crippen molar-refractivity contribution in [3.8, 4) is 0 Å². The number of hydrogen-bond acceptors (Lipinski definition) is 2. The third-order valence-corrected chi connectivity index (χ3v) is 3.39. The first-order valence-electron chi connectivity index (χ1n) is 4.87. The molecule has 0 atom stereocenters. The summed E-state index contributed by atoms with van der Waals surface area (Å²) in [4.78, 5) is 23.2. The number of carbonyl (C=O) groups excluding carboxylic acids is 2. The summed E-state index contributed by atoms with van der Waals surface area (Å²) in [5.41, 5.74) is 0.734. The Morgan fingerprint density at radius 3 is 2.23 bits per heavy atom. The number of ketones is 2. The first-order chi connectivity index (χ1) is 6.15. The standard InChI is InChI=1S/C11H14O2/c1-8-4-6-11(7-5-8)9(12)2-3-10(11)13/h4H,2-3,5-7H2,1H3. The van der Waals surface area contributed by atoms with E-state index in [-0.39, 0.29) is 11.6 Å². The van der Waals surface area contributed by atoms with Gasteiger partial charge in [0.15, 0.2) is 0 Å². The summed E-state index contributed by atoms with van der Waals surface area (Å²) in [7, 11) is 0. The zero-order chi connectivity index (χ0) is 9.47. The predicted molar refractivity (Wildman–Crippen MR) is 49.3 cm³/mol. The van der Waals surface area contributed by atoms with E-state index in [1.54, 1.807) is 0 Å². The van der Waals surface area contributed by atoms with Crippen molar-refractivity contribution in [1.29, 1.82) is 0 Å². The molecule has 1 saturated carbocycles. The Kier molecular flexibility index (Phi) is 1.86. The van der Waals surface area contributed by atoms with Gasteiger partial charge in [0.2, 0.25) is 0 Å². The van der Waals surface area contributed by atoms with Crippen molar-refractivity contribution in [3.63, 3.8) is 0 Å². The largest absolute Gasteiger partial charge is 0.299 e. The highest BCUT2D eigenvalue weighted by atomic mass is 16.2. The van der Waals surface area contributed by atoms with E-state index in [0.717, 1.165) is 12.8 Å². The van der Waals surface area contributed by atoms with Crippen molar-refractivity contribution < 1.29 is 9.59 Å². The SMILES string of the molecule is CC1=CCC2(CC1)C(=O)CCC2=O. The highest BCUT2D eigenvalue weighted by Gasteiger charge is 2.48. The van der Waals surface area contributed by atoms with Crippen molar-refractivity contribution in [1.82, 2.24) is 0 Å². The molecule has 0 aliphatic heterocycles. The molecule has 2 rings (SSSR count). The van der Waals surface area contributed by atoms with Gasteiger partial charge in [-0.25, -0.2) is 0 Å². The van der Waals surface area contributed by atoms with Crippen LogP contribution in [0.3, 0.4) is 0 Å². The third kappa shape index (κ3) is 1.16. The Hall–Kier alpha value is -0.920. The molecule has 1 fully saturated rings. The van der Waals surface area contributed by atoms with Crippen LogP contribution >= 0.6 is 0 Å². The number of allylic oxidation sites excluding steroid dienone is 2. The second kappa shape index (κ2) is 2.79. The lowest BCUT2D eigenvalue weighted by molar-refractivity contribution is -0.135. The van der Waals surface area contributed by atoms with Crippen LogP contribution in [0.4, 0.5) is 0 Å². The molecule has 0 saturated heterocycles. The summed E-state index contributed by atoms with van der Waals surface area (Å²) in [5.74, 6) is 0.363. The lowest BCUT2D eigenvalue weighted by Gasteiger charge is -2.28. The predicted octanol–water partition coefficient (Wildman–Crippen LogP) is 2.04. The molecule has 0 aromatic heterocycles. The second-order valence-electron chi connectivity index (χ2n) is 4.18.